The molecule has 1 fully saturated rings. The quantitative estimate of drug-likeness (QED) is 0.256. The second kappa shape index (κ2) is 11.6. The van der Waals surface area contributed by atoms with Crippen molar-refractivity contribution in [1.82, 2.24) is 10.6 Å². The molecule has 3 nitrogen and oxygen atoms in total. The Morgan fingerprint density at radius 3 is 2.15 bits per heavy atom. The van der Waals surface area contributed by atoms with Gasteiger partial charge in [-0.15, -0.1) is 0 Å². The van der Waals surface area contributed by atoms with Crippen LogP contribution in [-0.2, 0) is 19.1 Å². The molecule has 0 aromatic heterocycles. The van der Waals surface area contributed by atoms with E-state index >= 15 is 0 Å². The van der Waals surface area contributed by atoms with E-state index in [1.807, 2.05) is 37.3 Å². The Kier molecular flexibility index (Phi) is 8.15. The number of nitrogens with one attached hydrogen (secondary N) is 2. The zero-order chi connectivity index (χ0) is 28.3. The van der Waals surface area contributed by atoms with Crippen LogP contribution in [0.2, 0.25) is 0 Å². The topological polar surface area (TPSA) is 44.3 Å². The number of alkyl halides is 3. The minimum Gasteiger partial charge on any atom is -0.392 e. The van der Waals surface area contributed by atoms with Gasteiger partial charge in [-0.1, -0.05) is 67.4 Å². The van der Waals surface area contributed by atoms with Crippen LogP contribution in [0, 0.1) is 11.7 Å². The van der Waals surface area contributed by atoms with Crippen molar-refractivity contribution in [2.45, 2.75) is 57.4 Å². The predicted molar refractivity (Wildman–Crippen MR) is 149 cm³/mol. The minimum atomic E-state index is -4.41. The van der Waals surface area contributed by atoms with E-state index in [1.54, 1.807) is 12.1 Å². The molecule has 3 aromatic rings. The second-order valence-electron chi connectivity index (χ2n) is 10.9. The molecular weight excluding hydrogens is 516 g/mol. The summed E-state index contributed by atoms with van der Waals surface area (Å²) in [6.45, 7) is 2.30. The lowest BCUT2D eigenvalue weighted by molar-refractivity contribution is -0.137. The summed E-state index contributed by atoms with van der Waals surface area (Å²) in [7, 11) is 0. The third kappa shape index (κ3) is 6.01. The van der Waals surface area contributed by atoms with Crippen LogP contribution in [0.4, 0.5) is 17.6 Å². The van der Waals surface area contributed by atoms with Crippen LogP contribution in [-0.4, -0.2) is 17.4 Å². The highest BCUT2D eigenvalue weighted by atomic mass is 19.4. The molecule has 1 heterocycles. The van der Waals surface area contributed by atoms with Crippen molar-refractivity contribution in [3.8, 4) is 0 Å². The van der Waals surface area contributed by atoms with Gasteiger partial charge in [0, 0.05) is 17.8 Å². The third-order valence-corrected chi connectivity index (χ3v) is 8.12. The van der Waals surface area contributed by atoms with Gasteiger partial charge in [0.1, 0.15) is 11.5 Å². The van der Waals surface area contributed by atoms with Crippen molar-refractivity contribution in [2.24, 2.45) is 5.92 Å². The largest absolute Gasteiger partial charge is 0.416 e. The predicted octanol–water partition coefficient (Wildman–Crippen LogP) is 7.39. The van der Waals surface area contributed by atoms with Gasteiger partial charge in [0.25, 0.3) is 0 Å². The Morgan fingerprint density at radius 1 is 0.900 bits per heavy atom. The van der Waals surface area contributed by atoms with Crippen molar-refractivity contribution in [3.05, 3.63) is 124 Å². The highest BCUT2D eigenvalue weighted by Crippen LogP contribution is 2.44. The first kappa shape index (κ1) is 28.1. The van der Waals surface area contributed by atoms with E-state index in [9.17, 15) is 22.7 Å². The standard InChI is InChI=1S/C33H34F4N2O/c1-32(38-20-23-7-3-2-4-8-23)29(21-40)30(24-13-17-27(34)18-14-24)28(31(39-32)25-9-5-6-10-25)19-22-11-15-26(16-12-22)33(35,36)37/h2-4,7-8,11-18,25,38-40H,5-6,9-10,19-21H2,1H3. The number of halogens is 4. The van der Waals surface area contributed by atoms with Crippen molar-refractivity contribution in [1.29, 1.82) is 0 Å². The third-order valence-electron chi connectivity index (χ3n) is 8.12. The molecule has 7 heteroatoms. The highest BCUT2D eigenvalue weighted by molar-refractivity contribution is 5.85. The summed E-state index contributed by atoms with van der Waals surface area (Å²) in [6, 6.07) is 21.5. The molecule has 210 valence electrons. The zero-order valence-corrected chi connectivity index (χ0v) is 22.5. The van der Waals surface area contributed by atoms with Gasteiger partial charge in [0.05, 0.1) is 12.2 Å². The lowest BCUT2D eigenvalue weighted by Crippen LogP contribution is -2.58. The average Bonchev–Trinajstić information content (AvgIpc) is 3.49. The second-order valence-corrected chi connectivity index (χ2v) is 10.9. The van der Waals surface area contributed by atoms with Crippen molar-refractivity contribution in [3.63, 3.8) is 0 Å². The molecule has 1 aliphatic carbocycles. The molecule has 3 N–H and O–H groups in total. The van der Waals surface area contributed by atoms with E-state index in [0.717, 1.165) is 71.3 Å². The Hall–Kier alpha value is -3.42. The van der Waals surface area contributed by atoms with E-state index < -0.39 is 17.4 Å². The number of aliphatic hydroxyl groups is 1. The average molecular weight is 551 g/mol. The number of aliphatic hydroxyl groups excluding tert-OH is 1. The number of hydrogen-bond donors (Lipinski definition) is 3. The first-order valence-electron chi connectivity index (χ1n) is 13.7. The first-order chi connectivity index (χ1) is 19.2. The molecule has 0 radical (unpaired) electrons. The minimum absolute atomic E-state index is 0.248. The Morgan fingerprint density at radius 2 is 1.55 bits per heavy atom. The molecule has 5 rings (SSSR count). The van der Waals surface area contributed by atoms with Gasteiger partial charge in [0.15, 0.2) is 0 Å². The number of dihydropyridines is 1. The van der Waals surface area contributed by atoms with Gasteiger partial charge in [-0.2, -0.15) is 13.2 Å². The van der Waals surface area contributed by atoms with Crippen LogP contribution in [0.15, 0.2) is 95.7 Å². The molecule has 0 spiro atoms. The zero-order valence-electron chi connectivity index (χ0n) is 22.5. The molecule has 1 aliphatic heterocycles. The molecule has 0 amide bonds. The maximum atomic E-state index is 14.0. The number of rotatable bonds is 8. The smallest absolute Gasteiger partial charge is 0.392 e. The van der Waals surface area contributed by atoms with Gasteiger partial charge in [-0.3, -0.25) is 5.32 Å². The van der Waals surface area contributed by atoms with E-state index in [1.165, 1.54) is 24.3 Å². The van der Waals surface area contributed by atoms with Crippen LogP contribution >= 0.6 is 0 Å². The van der Waals surface area contributed by atoms with Gasteiger partial charge in [-0.25, -0.2) is 4.39 Å². The van der Waals surface area contributed by atoms with Gasteiger partial charge in [0.2, 0.25) is 0 Å². The molecule has 1 unspecified atom stereocenters. The van der Waals surface area contributed by atoms with E-state index in [4.69, 9.17) is 0 Å². The maximum absolute atomic E-state index is 14.0. The maximum Gasteiger partial charge on any atom is 0.416 e. The Bertz CT molecular complexity index is 1370. The summed E-state index contributed by atoms with van der Waals surface area (Å²) < 4.78 is 53.7. The summed E-state index contributed by atoms with van der Waals surface area (Å²) in [5, 5.41) is 18.2. The van der Waals surface area contributed by atoms with Gasteiger partial charge >= 0.3 is 6.18 Å². The number of hydrogen-bond acceptors (Lipinski definition) is 3. The van der Waals surface area contributed by atoms with E-state index in [0.29, 0.717) is 18.5 Å². The first-order valence-corrected chi connectivity index (χ1v) is 13.7. The SMILES string of the molecule is CC1(NCc2ccccc2)NC(C2CCCC2)=C(Cc2ccc(C(F)(F)F)cc2)C(c2ccc(F)cc2)=C1CO. The fourth-order valence-electron chi connectivity index (χ4n) is 5.98. The summed E-state index contributed by atoms with van der Waals surface area (Å²) in [4.78, 5) is 0. The van der Waals surface area contributed by atoms with E-state index in [2.05, 4.69) is 10.6 Å². The molecule has 0 saturated heterocycles. The summed E-state index contributed by atoms with van der Waals surface area (Å²) in [6.07, 6.45) is 0.161. The lowest BCUT2D eigenvalue weighted by Gasteiger charge is -2.44. The van der Waals surface area contributed by atoms with Crippen LogP contribution in [0.3, 0.4) is 0 Å². The Balaban J connectivity index is 1.63. The fraction of sp³-hybridized carbons (Fsp3) is 0.333. The summed E-state index contributed by atoms with van der Waals surface area (Å²) >= 11 is 0. The van der Waals surface area contributed by atoms with Crippen molar-refractivity contribution in [2.75, 3.05) is 6.61 Å². The van der Waals surface area contributed by atoms with Crippen LogP contribution in [0.1, 0.15) is 54.9 Å². The molecular formula is C33H34F4N2O. The molecule has 1 saturated carbocycles. The van der Waals surface area contributed by atoms with Gasteiger partial charge < -0.3 is 10.4 Å². The van der Waals surface area contributed by atoms with Gasteiger partial charge in [-0.05, 0) is 84.2 Å². The van der Waals surface area contributed by atoms with Crippen LogP contribution < -0.4 is 10.6 Å². The van der Waals surface area contributed by atoms with Crippen molar-refractivity contribution < 1.29 is 22.7 Å². The Labute approximate surface area is 232 Å². The molecule has 0 bridgehead atoms. The summed E-state index contributed by atoms with van der Waals surface area (Å²) in [5.74, 6) is -0.115. The molecule has 2 aliphatic rings. The van der Waals surface area contributed by atoms with Crippen molar-refractivity contribution >= 4 is 5.57 Å². The molecule has 1 atom stereocenters. The molecule has 40 heavy (non-hydrogen) atoms. The van der Waals surface area contributed by atoms with E-state index in [-0.39, 0.29) is 18.3 Å². The van der Waals surface area contributed by atoms with Crippen LogP contribution in [0.5, 0.6) is 0 Å². The lowest BCUT2D eigenvalue weighted by atomic mass is 9.78. The number of benzene rings is 3. The monoisotopic (exact) mass is 550 g/mol. The number of allylic oxidation sites excluding steroid dienone is 3. The highest BCUT2D eigenvalue weighted by Gasteiger charge is 2.40. The normalized spacial score (nSPS) is 20.2. The fourth-order valence-corrected chi connectivity index (χ4v) is 5.98. The molecule has 3 aromatic carbocycles. The summed E-state index contributed by atoms with van der Waals surface area (Å²) in [5.41, 5.74) is 4.58. The van der Waals surface area contributed by atoms with Crippen LogP contribution in [0.25, 0.3) is 5.57 Å².